The Morgan fingerprint density at radius 2 is 1.90 bits per heavy atom. The van der Waals surface area contributed by atoms with Crippen LogP contribution in [0.1, 0.15) is 44.1 Å². The number of fused-ring (bicyclic) bond motifs is 1. The maximum Gasteiger partial charge on any atom is 0.224 e. The fourth-order valence-corrected chi connectivity index (χ4v) is 5.09. The zero-order valence-electron chi connectivity index (χ0n) is 17.2. The van der Waals surface area contributed by atoms with Crippen LogP contribution in [0.15, 0.2) is 36.5 Å². The van der Waals surface area contributed by atoms with Gasteiger partial charge in [0.2, 0.25) is 5.91 Å². The number of amides is 1. The lowest BCUT2D eigenvalue weighted by molar-refractivity contribution is -0.127. The molecule has 0 radical (unpaired) electrons. The average Bonchev–Trinajstić information content (AvgIpc) is 3.59. The van der Waals surface area contributed by atoms with E-state index in [4.69, 9.17) is 0 Å². The van der Waals surface area contributed by atoms with Crippen LogP contribution in [0.25, 0.3) is 10.9 Å². The molecule has 3 heterocycles. The zero-order chi connectivity index (χ0) is 19.6. The lowest BCUT2D eigenvalue weighted by Crippen LogP contribution is -2.50. The van der Waals surface area contributed by atoms with Crippen molar-refractivity contribution < 1.29 is 4.79 Å². The average molecular weight is 393 g/mol. The molecule has 1 amide bonds. The monoisotopic (exact) mass is 392 g/mol. The van der Waals surface area contributed by atoms with E-state index >= 15 is 0 Å². The third-order valence-corrected chi connectivity index (χ3v) is 6.95. The van der Waals surface area contributed by atoms with E-state index in [9.17, 15) is 4.79 Å². The van der Waals surface area contributed by atoms with Gasteiger partial charge in [0, 0.05) is 36.8 Å². The van der Waals surface area contributed by atoms with Gasteiger partial charge in [0.05, 0.1) is 11.4 Å². The minimum atomic E-state index is 0.200. The number of aromatic nitrogens is 1. The second-order valence-electron chi connectivity index (χ2n) is 9.11. The summed E-state index contributed by atoms with van der Waals surface area (Å²) < 4.78 is 0. The summed E-state index contributed by atoms with van der Waals surface area (Å²) in [5.74, 6) is 0.504. The number of rotatable bonds is 5. The molecule has 1 atom stereocenters. The van der Waals surface area contributed by atoms with E-state index in [1.807, 2.05) is 12.3 Å². The molecule has 5 nitrogen and oxygen atoms in total. The first-order valence-corrected chi connectivity index (χ1v) is 11.4. The van der Waals surface area contributed by atoms with E-state index in [1.54, 1.807) is 0 Å². The van der Waals surface area contributed by atoms with Gasteiger partial charge in [0.1, 0.15) is 0 Å². The van der Waals surface area contributed by atoms with Gasteiger partial charge in [-0.15, -0.1) is 0 Å². The van der Waals surface area contributed by atoms with Gasteiger partial charge in [-0.25, -0.2) is 0 Å². The summed E-state index contributed by atoms with van der Waals surface area (Å²) in [6.45, 7) is 5.39. The first-order valence-electron chi connectivity index (χ1n) is 11.4. The quantitative estimate of drug-likeness (QED) is 0.849. The van der Waals surface area contributed by atoms with Crippen molar-refractivity contribution >= 4 is 16.8 Å². The van der Waals surface area contributed by atoms with Crippen molar-refractivity contribution in [3.8, 4) is 0 Å². The summed E-state index contributed by atoms with van der Waals surface area (Å²) in [6, 6.07) is 11.8. The first kappa shape index (κ1) is 19.0. The predicted molar refractivity (Wildman–Crippen MR) is 116 cm³/mol. The Balaban J connectivity index is 1.15. The number of hydrogen-bond donors (Lipinski definition) is 1. The van der Waals surface area contributed by atoms with Gasteiger partial charge < -0.3 is 5.32 Å². The highest BCUT2D eigenvalue weighted by molar-refractivity contribution is 5.82. The normalized spacial score (nSPS) is 24.6. The Labute approximate surface area is 173 Å². The number of benzene rings is 1. The molecule has 0 spiro atoms. The highest BCUT2D eigenvalue weighted by Gasteiger charge is 2.33. The van der Waals surface area contributed by atoms with Crippen LogP contribution in [-0.4, -0.2) is 59.0 Å². The molecule has 1 aromatic carbocycles. The number of pyridine rings is 1. The van der Waals surface area contributed by atoms with Gasteiger partial charge in [-0.1, -0.05) is 18.2 Å². The SMILES string of the molecule is O=C(NC1CC1)C1CCCN(C2CCN(Cc3cccc4ncccc34)CC2)C1. The molecule has 0 bridgehead atoms. The van der Waals surface area contributed by atoms with Crippen molar-refractivity contribution in [1.29, 1.82) is 0 Å². The van der Waals surface area contributed by atoms with Crippen molar-refractivity contribution in [1.82, 2.24) is 20.1 Å². The first-order chi connectivity index (χ1) is 14.3. The third-order valence-electron chi connectivity index (χ3n) is 6.95. The number of likely N-dealkylation sites (tertiary alicyclic amines) is 2. The Morgan fingerprint density at radius 3 is 2.72 bits per heavy atom. The topological polar surface area (TPSA) is 48.5 Å². The number of carbonyl (C=O) groups is 1. The summed E-state index contributed by atoms with van der Waals surface area (Å²) in [5.41, 5.74) is 2.47. The molecule has 2 aliphatic heterocycles. The summed E-state index contributed by atoms with van der Waals surface area (Å²) >= 11 is 0. The van der Waals surface area contributed by atoms with E-state index in [1.165, 1.54) is 36.6 Å². The van der Waals surface area contributed by atoms with Crippen LogP contribution in [0.3, 0.4) is 0 Å². The zero-order valence-corrected chi connectivity index (χ0v) is 17.2. The second-order valence-corrected chi connectivity index (χ2v) is 9.11. The van der Waals surface area contributed by atoms with Gasteiger partial charge in [-0.05, 0) is 75.9 Å². The Hall–Kier alpha value is -1.98. The molecular formula is C24H32N4O. The summed E-state index contributed by atoms with van der Waals surface area (Å²) in [4.78, 5) is 22.2. The van der Waals surface area contributed by atoms with Crippen LogP contribution in [0.2, 0.25) is 0 Å². The molecule has 2 aromatic rings. The summed E-state index contributed by atoms with van der Waals surface area (Å²) in [5, 5.41) is 4.49. The Bertz CT molecular complexity index is 852. The minimum absolute atomic E-state index is 0.200. The third kappa shape index (κ3) is 4.46. The van der Waals surface area contributed by atoms with E-state index in [2.05, 4.69) is 44.4 Å². The number of carbonyl (C=O) groups excluding carboxylic acids is 1. The molecule has 2 saturated heterocycles. The van der Waals surface area contributed by atoms with Crippen LogP contribution < -0.4 is 5.32 Å². The van der Waals surface area contributed by atoms with Crippen LogP contribution in [0.5, 0.6) is 0 Å². The molecule has 3 fully saturated rings. The molecule has 29 heavy (non-hydrogen) atoms. The minimum Gasteiger partial charge on any atom is -0.353 e. The van der Waals surface area contributed by atoms with Gasteiger partial charge in [-0.3, -0.25) is 19.6 Å². The molecular weight excluding hydrogens is 360 g/mol. The Kier molecular flexibility index (Phi) is 5.51. The highest BCUT2D eigenvalue weighted by atomic mass is 16.2. The van der Waals surface area contributed by atoms with Crippen molar-refractivity contribution in [2.24, 2.45) is 5.92 Å². The molecule has 1 aliphatic carbocycles. The second kappa shape index (κ2) is 8.41. The number of piperidine rings is 2. The predicted octanol–water partition coefficient (Wildman–Crippen LogP) is 3.19. The maximum atomic E-state index is 12.5. The van der Waals surface area contributed by atoms with Crippen molar-refractivity contribution in [3.05, 3.63) is 42.1 Å². The van der Waals surface area contributed by atoms with Gasteiger partial charge >= 0.3 is 0 Å². The van der Waals surface area contributed by atoms with Crippen LogP contribution in [0.4, 0.5) is 0 Å². The van der Waals surface area contributed by atoms with Gasteiger partial charge in [-0.2, -0.15) is 0 Å². The van der Waals surface area contributed by atoms with Crippen LogP contribution >= 0.6 is 0 Å². The van der Waals surface area contributed by atoms with Crippen molar-refractivity contribution in [2.45, 2.75) is 57.2 Å². The van der Waals surface area contributed by atoms with Gasteiger partial charge in [0.15, 0.2) is 0 Å². The smallest absolute Gasteiger partial charge is 0.224 e. The van der Waals surface area contributed by atoms with Crippen molar-refractivity contribution in [3.63, 3.8) is 0 Å². The lowest BCUT2D eigenvalue weighted by Gasteiger charge is -2.42. The highest BCUT2D eigenvalue weighted by Crippen LogP contribution is 2.27. The summed E-state index contributed by atoms with van der Waals surface area (Å²) in [7, 11) is 0. The maximum absolute atomic E-state index is 12.5. The molecule has 1 saturated carbocycles. The Morgan fingerprint density at radius 1 is 1.03 bits per heavy atom. The van der Waals surface area contributed by atoms with E-state index in [0.717, 1.165) is 51.1 Å². The molecule has 5 rings (SSSR count). The number of nitrogens with zero attached hydrogens (tertiary/aromatic N) is 3. The molecule has 1 aromatic heterocycles. The van der Waals surface area contributed by atoms with Crippen LogP contribution in [0, 0.1) is 5.92 Å². The van der Waals surface area contributed by atoms with Crippen molar-refractivity contribution in [2.75, 3.05) is 26.2 Å². The van der Waals surface area contributed by atoms with Crippen LogP contribution in [-0.2, 0) is 11.3 Å². The molecule has 1 unspecified atom stereocenters. The largest absolute Gasteiger partial charge is 0.353 e. The fourth-order valence-electron chi connectivity index (χ4n) is 5.09. The van der Waals surface area contributed by atoms with E-state index < -0.39 is 0 Å². The van der Waals surface area contributed by atoms with Gasteiger partial charge in [0.25, 0.3) is 0 Å². The summed E-state index contributed by atoms with van der Waals surface area (Å²) in [6.07, 6.45) is 8.85. The fraction of sp³-hybridized carbons (Fsp3) is 0.583. The van der Waals surface area contributed by atoms with E-state index in [0.29, 0.717) is 18.0 Å². The molecule has 5 heteroatoms. The number of hydrogen-bond acceptors (Lipinski definition) is 4. The molecule has 154 valence electrons. The molecule has 3 aliphatic rings. The van der Waals surface area contributed by atoms with E-state index in [-0.39, 0.29) is 5.92 Å². The lowest BCUT2D eigenvalue weighted by atomic mass is 9.93. The standard InChI is InChI=1S/C24H32N4O/c29-24(26-20-8-9-20)19-5-3-13-28(17-19)21-10-14-27(15-11-21)16-18-4-1-7-23-22(18)6-2-12-25-23/h1-2,4,6-7,12,19-21H,3,5,8-11,13-17H2,(H,26,29). The molecule has 1 N–H and O–H groups in total. The number of nitrogens with one attached hydrogen (secondary N) is 1.